The van der Waals surface area contributed by atoms with Gasteiger partial charge in [0.15, 0.2) is 0 Å². The molecule has 30 heavy (non-hydrogen) atoms. The normalized spacial score (nSPS) is 11.7. The van der Waals surface area contributed by atoms with E-state index in [0.29, 0.717) is 0 Å². The van der Waals surface area contributed by atoms with Crippen molar-refractivity contribution < 1.29 is 38.5 Å². The number of carboxylic acids is 1. The summed E-state index contributed by atoms with van der Waals surface area (Å²) in [5.41, 5.74) is 0.0634. The number of hydrogen-bond acceptors (Lipinski definition) is 7. The molecule has 166 valence electrons. The largest absolute Gasteiger partial charge is 0.480 e. The third-order valence-electron chi connectivity index (χ3n) is 3.47. The van der Waals surface area contributed by atoms with Crippen molar-refractivity contribution >= 4 is 24.1 Å². The first-order chi connectivity index (χ1) is 14.1. The lowest BCUT2D eigenvalue weighted by Crippen LogP contribution is -2.43. The summed E-state index contributed by atoms with van der Waals surface area (Å²) in [6, 6.07) is 7.85. The number of amides is 2. The monoisotopic (exact) mass is 424 g/mol. The second-order valence-corrected chi connectivity index (χ2v) is 7.28. The predicted octanol–water partition coefficient (Wildman–Crippen LogP) is 2.21. The summed E-state index contributed by atoms with van der Waals surface area (Å²) in [5.74, 6) is -1.96. The highest BCUT2D eigenvalue weighted by Gasteiger charge is 2.24. The molecule has 1 aromatic rings. The zero-order chi connectivity index (χ0) is 22.6. The van der Waals surface area contributed by atoms with Crippen LogP contribution in [0, 0.1) is 0 Å². The number of esters is 1. The van der Waals surface area contributed by atoms with Crippen molar-refractivity contribution in [3.05, 3.63) is 35.9 Å². The van der Waals surface area contributed by atoms with E-state index in [0.717, 1.165) is 5.56 Å². The highest BCUT2D eigenvalue weighted by Crippen LogP contribution is 2.08. The fourth-order valence-corrected chi connectivity index (χ4v) is 2.13. The Balaban J connectivity index is 2.22. The van der Waals surface area contributed by atoms with E-state index in [1.54, 1.807) is 20.8 Å². The van der Waals surface area contributed by atoms with E-state index in [1.807, 2.05) is 30.3 Å². The minimum Gasteiger partial charge on any atom is -0.480 e. The van der Waals surface area contributed by atoms with Crippen molar-refractivity contribution in [2.24, 2.45) is 0 Å². The van der Waals surface area contributed by atoms with Crippen molar-refractivity contribution in [1.82, 2.24) is 10.6 Å². The van der Waals surface area contributed by atoms with Gasteiger partial charge in [-0.1, -0.05) is 30.3 Å². The number of alkyl carbamates (subject to hydrolysis) is 2. The first kappa shape index (κ1) is 24.7. The number of nitrogens with one attached hydrogen (secondary N) is 2. The van der Waals surface area contributed by atoms with E-state index in [2.05, 4.69) is 10.6 Å². The van der Waals surface area contributed by atoms with Gasteiger partial charge in [-0.15, -0.1) is 0 Å². The van der Waals surface area contributed by atoms with Crippen LogP contribution in [0.4, 0.5) is 9.59 Å². The summed E-state index contributed by atoms with van der Waals surface area (Å²) >= 11 is 0. The van der Waals surface area contributed by atoms with Gasteiger partial charge in [0.1, 0.15) is 24.9 Å². The van der Waals surface area contributed by atoms with Crippen LogP contribution in [0.2, 0.25) is 0 Å². The molecule has 0 aliphatic heterocycles. The summed E-state index contributed by atoms with van der Waals surface area (Å²) < 4.78 is 14.9. The first-order valence-electron chi connectivity index (χ1n) is 9.39. The van der Waals surface area contributed by atoms with Gasteiger partial charge in [-0.25, -0.2) is 14.4 Å². The van der Waals surface area contributed by atoms with Gasteiger partial charge in [0.2, 0.25) is 0 Å². The van der Waals surface area contributed by atoms with Crippen LogP contribution in [0.5, 0.6) is 0 Å². The zero-order valence-corrected chi connectivity index (χ0v) is 17.3. The molecule has 1 unspecified atom stereocenters. The number of carboxylic acid groups (broad SMARTS) is 1. The summed E-state index contributed by atoms with van der Waals surface area (Å²) in [7, 11) is 0. The minimum absolute atomic E-state index is 0.0396. The molecule has 0 aliphatic carbocycles. The molecule has 3 N–H and O–H groups in total. The van der Waals surface area contributed by atoms with Crippen LogP contribution < -0.4 is 10.6 Å². The number of carbonyl (C=O) groups is 4. The summed E-state index contributed by atoms with van der Waals surface area (Å²) in [6.45, 7) is 4.99. The van der Waals surface area contributed by atoms with Crippen LogP contribution in [-0.2, 0) is 30.4 Å². The fraction of sp³-hybridized carbons (Fsp3) is 0.500. The van der Waals surface area contributed by atoms with E-state index in [4.69, 9.17) is 19.3 Å². The first-order valence-corrected chi connectivity index (χ1v) is 9.39. The maximum absolute atomic E-state index is 11.7. The Hall–Kier alpha value is -3.30. The topological polar surface area (TPSA) is 140 Å². The minimum atomic E-state index is -1.29. The van der Waals surface area contributed by atoms with Gasteiger partial charge in [-0.05, 0) is 32.8 Å². The van der Waals surface area contributed by atoms with E-state index in [9.17, 15) is 19.2 Å². The number of benzene rings is 1. The lowest BCUT2D eigenvalue weighted by atomic mass is 10.1. The Bertz CT molecular complexity index is 715. The Morgan fingerprint density at radius 2 is 1.70 bits per heavy atom. The quantitative estimate of drug-likeness (QED) is 0.295. The Kier molecular flexibility index (Phi) is 10.1. The molecule has 0 aliphatic rings. The molecule has 1 atom stereocenters. The summed E-state index contributed by atoms with van der Waals surface area (Å²) in [4.78, 5) is 46.2. The molecule has 0 aromatic heterocycles. The molecule has 0 spiro atoms. The van der Waals surface area contributed by atoms with Gasteiger partial charge in [0.25, 0.3) is 0 Å². The SMILES string of the molecule is CC(C)(C)OC(=O)NC(CCC(=O)OCCNC(=O)OCc1ccccc1)C(=O)O. The zero-order valence-electron chi connectivity index (χ0n) is 17.3. The van der Waals surface area contributed by atoms with Gasteiger partial charge >= 0.3 is 24.1 Å². The molecule has 0 heterocycles. The molecular formula is C20H28N2O8. The average molecular weight is 424 g/mol. The number of carbonyl (C=O) groups excluding carboxylic acids is 3. The van der Waals surface area contributed by atoms with Gasteiger partial charge in [0.05, 0.1) is 6.54 Å². The van der Waals surface area contributed by atoms with Crippen molar-refractivity contribution in [3.8, 4) is 0 Å². The molecule has 0 fully saturated rings. The van der Waals surface area contributed by atoms with Gasteiger partial charge < -0.3 is 30.0 Å². The highest BCUT2D eigenvalue weighted by molar-refractivity contribution is 5.81. The van der Waals surface area contributed by atoms with Crippen molar-refractivity contribution in [2.45, 2.75) is 51.9 Å². The Labute approximate surface area is 174 Å². The molecule has 0 radical (unpaired) electrons. The molecule has 2 amide bonds. The van der Waals surface area contributed by atoms with Gasteiger partial charge in [-0.2, -0.15) is 0 Å². The molecule has 0 saturated carbocycles. The molecule has 0 saturated heterocycles. The van der Waals surface area contributed by atoms with E-state index in [1.165, 1.54) is 0 Å². The Morgan fingerprint density at radius 1 is 1.03 bits per heavy atom. The maximum Gasteiger partial charge on any atom is 0.408 e. The molecule has 10 nitrogen and oxygen atoms in total. The lowest BCUT2D eigenvalue weighted by molar-refractivity contribution is -0.144. The Morgan fingerprint density at radius 3 is 2.30 bits per heavy atom. The maximum atomic E-state index is 11.7. The summed E-state index contributed by atoms with van der Waals surface area (Å²) in [5, 5.41) is 13.8. The predicted molar refractivity (Wildman–Crippen MR) is 106 cm³/mol. The van der Waals surface area contributed by atoms with Crippen LogP contribution in [0.3, 0.4) is 0 Å². The van der Waals surface area contributed by atoms with E-state index >= 15 is 0 Å². The molecule has 10 heteroatoms. The lowest BCUT2D eigenvalue weighted by Gasteiger charge is -2.21. The van der Waals surface area contributed by atoms with E-state index in [-0.39, 0.29) is 32.6 Å². The average Bonchev–Trinajstić information content (AvgIpc) is 2.66. The molecule has 1 aromatic carbocycles. The van der Waals surface area contributed by atoms with Crippen molar-refractivity contribution in [2.75, 3.05) is 13.2 Å². The third kappa shape index (κ3) is 11.5. The van der Waals surface area contributed by atoms with Crippen LogP contribution in [-0.4, -0.2) is 54.0 Å². The van der Waals surface area contributed by atoms with Gasteiger partial charge in [-0.3, -0.25) is 4.79 Å². The smallest absolute Gasteiger partial charge is 0.408 e. The van der Waals surface area contributed by atoms with Crippen LogP contribution in [0.25, 0.3) is 0 Å². The van der Waals surface area contributed by atoms with Crippen molar-refractivity contribution in [3.63, 3.8) is 0 Å². The fourth-order valence-electron chi connectivity index (χ4n) is 2.13. The van der Waals surface area contributed by atoms with Crippen LogP contribution in [0.15, 0.2) is 30.3 Å². The molecule has 1 rings (SSSR count). The van der Waals surface area contributed by atoms with Crippen LogP contribution >= 0.6 is 0 Å². The number of rotatable bonds is 10. The second kappa shape index (κ2) is 12.3. The summed E-state index contributed by atoms with van der Waals surface area (Å²) in [6.07, 6.45) is -1.94. The molecule has 0 bridgehead atoms. The molecular weight excluding hydrogens is 396 g/mol. The van der Waals surface area contributed by atoms with Gasteiger partial charge in [0, 0.05) is 6.42 Å². The number of hydrogen-bond donors (Lipinski definition) is 3. The third-order valence-corrected chi connectivity index (χ3v) is 3.47. The van der Waals surface area contributed by atoms with Crippen molar-refractivity contribution in [1.29, 1.82) is 0 Å². The standard InChI is InChI=1S/C20H28N2O8/c1-20(2,3)30-19(27)22-15(17(24)25)9-10-16(23)28-12-11-21-18(26)29-13-14-7-5-4-6-8-14/h4-8,15H,9-13H2,1-3H3,(H,21,26)(H,22,27)(H,24,25). The van der Waals surface area contributed by atoms with Crippen LogP contribution in [0.1, 0.15) is 39.2 Å². The second-order valence-electron chi connectivity index (χ2n) is 7.28. The van der Waals surface area contributed by atoms with E-state index < -0.39 is 35.8 Å². The highest BCUT2D eigenvalue weighted by atomic mass is 16.6. The number of ether oxygens (including phenoxy) is 3. The number of aliphatic carboxylic acids is 1.